The van der Waals surface area contributed by atoms with Crippen molar-refractivity contribution >= 4 is 23.1 Å². The van der Waals surface area contributed by atoms with E-state index in [4.69, 9.17) is 0 Å². The summed E-state index contributed by atoms with van der Waals surface area (Å²) in [4.78, 5) is 22.0. The number of carbonyl (C=O) groups excluding carboxylic acids is 1. The van der Waals surface area contributed by atoms with E-state index >= 15 is 0 Å². The standard InChI is InChI=1S/C14H15N3O/c18-10-11-4-3-7-17(9-11)14-15-8-12-5-1-2-6-13(12)16-14/h1-2,5-6,8,10-11H,3-4,7,9H2. The van der Waals surface area contributed by atoms with Gasteiger partial charge in [-0.2, -0.15) is 0 Å². The lowest BCUT2D eigenvalue weighted by Gasteiger charge is -2.30. The Morgan fingerprint density at radius 2 is 2.22 bits per heavy atom. The molecule has 0 bridgehead atoms. The minimum absolute atomic E-state index is 0.119. The Bertz CT molecular complexity index is 570. The van der Waals surface area contributed by atoms with Gasteiger partial charge in [0, 0.05) is 30.6 Å². The highest BCUT2D eigenvalue weighted by molar-refractivity contribution is 5.78. The Morgan fingerprint density at radius 1 is 1.33 bits per heavy atom. The molecule has 2 heterocycles. The molecule has 1 aliphatic heterocycles. The minimum Gasteiger partial charge on any atom is -0.340 e. The summed E-state index contributed by atoms with van der Waals surface area (Å²) in [7, 11) is 0. The van der Waals surface area contributed by atoms with Crippen molar-refractivity contribution in [1.82, 2.24) is 9.97 Å². The number of hydrogen-bond acceptors (Lipinski definition) is 4. The van der Waals surface area contributed by atoms with Crippen LogP contribution in [0.5, 0.6) is 0 Å². The zero-order chi connectivity index (χ0) is 12.4. The molecule has 3 rings (SSSR count). The average molecular weight is 241 g/mol. The highest BCUT2D eigenvalue weighted by Crippen LogP contribution is 2.20. The number of rotatable bonds is 2. The number of carbonyl (C=O) groups is 1. The van der Waals surface area contributed by atoms with E-state index in [-0.39, 0.29) is 5.92 Å². The molecule has 1 unspecified atom stereocenters. The maximum atomic E-state index is 10.9. The maximum Gasteiger partial charge on any atom is 0.225 e. The molecule has 4 nitrogen and oxygen atoms in total. The molecule has 0 amide bonds. The Morgan fingerprint density at radius 3 is 3.11 bits per heavy atom. The first kappa shape index (κ1) is 11.1. The highest BCUT2D eigenvalue weighted by atomic mass is 16.1. The fraction of sp³-hybridized carbons (Fsp3) is 0.357. The second-order valence-electron chi connectivity index (χ2n) is 4.71. The van der Waals surface area contributed by atoms with Crippen molar-refractivity contribution in [3.05, 3.63) is 30.5 Å². The van der Waals surface area contributed by atoms with E-state index in [1.165, 1.54) is 0 Å². The topological polar surface area (TPSA) is 46.1 Å². The number of para-hydroxylation sites is 1. The van der Waals surface area contributed by atoms with E-state index in [1.54, 1.807) is 0 Å². The van der Waals surface area contributed by atoms with Crippen LogP contribution in [0.4, 0.5) is 5.95 Å². The lowest BCUT2D eigenvalue weighted by atomic mass is 10.0. The minimum atomic E-state index is 0.119. The van der Waals surface area contributed by atoms with Crippen molar-refractivity contribution in [2.75, 3.05) is 18.0 Å². The van der Waals surface area contributed by atoms with Gasteiger partial charge in [-0.25, -0.2) is 9.97 Å². The summed E-state index contributed by atoms with van der Waals surface area (Å²) in [5, 5.41) is 1.05. The third-order valence-corrected chi connectivity index (χ3v) is 3.41. The third kappa shape index (κ3) is 2.06. The Kier molecular flexibility index (Phi) is 2.92. The third-order valence-electron chi connectivity index (χ3n) is 3.41. The average Bonchev–Trinajstić information content (AvgIpc) is 2.47. The molecule has 0 radical (unpaired) electrons. The number of hydrogen-bond donors (Lipinski definition) is 0. The fourth-order valence-corrected chi connectivity index (χ4v) is 2.42. The Labute approximate surface area is 106 Å². The number of nitrogens with zero attached hydrogens (tertiary/aromatic N) is 3. The van der Waals surface area contributed by atoms with E-state index in [1.807, 2.05) is 30.5 Å². The van der Waals surface area contributed by atoms with E-state index in [9.17, 15) is 4.79 Å². The van der Waals surface area contributed by atoms with Crippen LogP contribution in [-0.2, 0) is 4.79 Å². The lowest BCUT2D eigenvalue weighted by Crippen LogP contribution is -2.37. The molecule has 1 atom stereocenters. The molecule has 18 heavy (non-hydrogen) atoms. The summed E-state index contributed by atoms with van der Waals surface area (Å²) in [6, 6.07) is 7.95. The van der Waals surface area contributed by atoms with Crippen LogP contribution in [0.3, 0.4) is 0 Å². The van der Waals surface area contributed by atoms with Gasteiger partial charge in [0.05, 0.1) is 5.52 Å². The maximum absolute atomic E-state index is 10.9. The van der Waals surface area contributed by atoms with Gasteiger partial charge in [-0.1, -0.05) is 18.2 Å². The zero-order valence-electron chi connectivity index (χ0n) is 10.1. The molecule has 0 saturated carbocycles. The molecule has 1 fully saturated rings. The van der Waals surface area contributed by atoms with Crippen LogP contribution in [0.1, 0.15) is 12.8 Å². The van der Waals surface area contributed by atoms with E-state index in [0.29, 0.717) is 0 Å². The first-order chi connectivity index (χ1) is 8.86. The summed E-state index contributed by atoms with van der Waals surface area (Å²) in [6.07, 6.45) is 4.91. The molecule has 1 aliphatic rings. The predicted octanol–water partition coefficient (Wildman–Crippen LogP) is 2.05. The Balaban J connectivity index is 1.91. The largest absolute Gasteiger partial charge is 0.340 e. The summed E-state index contributed by atoms with van der Waals surface area (Å²) in [6.45, 7) is 1.67. The fourth-order valence-electron chi connectivity index (χ4n) is 2.42. The smallest absolute Gasteiger partial charge is 0.225 e. The molecule has 0 aliphatic carbocycles. The van der Waals surface area contributed by atoms with E-state index in [0.717, 1.165) is 49.1 Å². The second kappa shape index (κ2) is 4.72. The summed E-state index contributed by atoms with van der Waals surface area (Å²) in [5.74, 6) is 0.856. The molecule has 0 spiro atoms. The number of piperidine rings is 1. The van der Waals surface area contributed by atoms with Crippen molar-refractivity contribution in [2.45, 2.75) is 12.8 Å². The highest BCUT2D eigenvalue weighted by Gasteiger charge is 2.21. The monoisotopic (exact) mass is 241 g/mol. The van der Waals surface area contributed by atoms with Crippen LogP contribution in [0.2, 0.25) is 0 Å². The molecule has 2 aromatic rings. The van der Waals surface area contributed by atoms with Crippen LogP contribution < -0.4 is 4.90 Å². The summed E-state index contributed by atoms with van der Waals surface area (Å²) in [5.41, 5.74) is 0.954. The second-order valence-corrected chi connectivity index (χ2v) is 4.71. The first-order valence-corrected chi connectivity index (χ1v) is 6.29. The van der Waals surface area contributed by atoms with Gasteiger partial charge in [0.2, 0.25) is 5.95 Å². The van der Waals surface area contributed by atoms with Gasteiger partial charge in [-0.15, -0.1) is 0 Å². The summed E-state index contributed by atoms with van der Waals surface area (Å²) < 4.78 is 0. The Hall–Kier alpha value is -1.97. The molecule has 1 aromatic heterocycles. The van der Waals surface area contributed by atoms with Gasteiger partial charge in [0.15, 0.2) is 0 Å². The SMILES string of the molecule is O=CC1CCCN(c2ncc3ccccc3n2)C1. The molecular weight excluding hydrogens is 226 g/mol. The lowest BCUT2D eigenvalue weighted by molar-refractivity contribution is -0.111. The molecular formula is C14H15N3O. The van der Waals surface area contributed by atoms with Gasteiger partial charge >= 0.3 is 0 Å². The number of anilines is 1. The van der Waals surface area contributed by atoms with E-state index in [2.05, 4.69) is 14.9 Å². The molecule has 0 N–H and O–H groups in total. The van der Waals surface area contributed by atoms with Crippen molar-refractivity contribution in [1.29, 1.82) is 0 Å². The zero-order valence-corrected chi connectivity index (χ0v) is 10.1. The van der Waals surface area contributed by atoms with Gasteiger partial charge in [0.25, 0.3) is 0 Å². The van der Waals surface area contributed by atoms with Crippen LogP contribution in [0.25, 0.3) is 10.9 Å². The number of fused-ring (bicyclic) bond motifs is 1. The van der Waals surface area contributed by atoms with Crippen molar-refractivity contribution < 1.29 is 4.79 Å². The molecule has 1 saturated heterocycles. The normalized spacial score (nSPS) is 20.0. The van der Waals surface area contributed by atoms with Gasteiger partial charge < -0.3 is 9.69 Å². The van der Waals surface area contributed by atoms with Crippen LogP contribution in [-0.4, -0.2) is 29.3 Å². The van der Waals surface area contributed by atoms with E-state index < -0.39 is 0 Å². The molecule has 4 heteroatoms. The van der Waals surface area contributed by atoms with Crippen molar-refractivity contribution in [3.8, 4) is 0 Å². The number of aldehydes is 1. The number of benzene rings is 1. The quantitative estimate of drug-likeness (QED) is 0.755. The molecule has 92 valence electrons. The van der Waals surface area contributed by atoms with Crippen LogP contribution in [0.15, 0.2) is 30.5 Å². The predicted molar refractivity (Wildman–Crippen MR) is 70.5 cm³/mol. The summed E-state index contributed by atoms with van der Waals surface area (Å²) >= 11 is 0. The van der Waals surface area contributed by atoms with Crippen molar-refractivity contribution in [3.63, 3.8) is 0 Å². The van der Waals surface area contributed by atoms with Gasteiger partial charge in [0.1, 0.15) is 6.29 Å². The molecule has 1 aromatic carbocycles. The van der Waals surface area contributed by atoms with Crippen LogP contribution >= 0.6 is 0 Å². The van der Waals surface area contributed by atoms with Gasteiger partial charge in [-0.05, 0) is 18.9 Å². The van der Waals surface area contributed by atoms with Gasteiger partial charge in [-0.3, -0.25) is 0 Å². The first-order valence-electron chi connectivity index (χ1n) is 6.29. The van der Waals surface area contributed by atoms with Crippen LogP contribution in [0, 0.1) is 5.92 Å². The number of aromatic nitrogens is 2. The van der Waals surface area contributed by atoms with Crippen molar-refractivity contribution in [2.24, 2.45) is 5.92 Å².